The van der Waals surface area contributed by atoms with E-state index in [1.54, 1.807) is 48.5 Å². The number of rotatable bonds is 8. The van der Waals surface area contributed by atoms with Gasteiger partial charge in [0.2, 0.25) is 0 Å². The molecular weight excluding hydrogens is 570 g/mol. The maximum Gasteiger partial charge on any atom is 0.335 e. The number of urea groups is 1. The highest BCUT2D eigenvalue weighted by atomic mass is 35.5. The van der Waals surface area contributed by atoms with Crippen molar-refractivity contribution < 1.29 is 28.2 Å². The van der Waals surface area contributed by atoms with E-state index in [0.29, 0.717) is 26.9 Å². The Labute approximate surface area is 244 Å². The van der Waals surface area contributed by atoms with Crippen LogP contribution in [0.15, 0.2) is 96.6 Å². The molecule has 206 valence electrons. The Bertz CT molecular complexity index is 1670. The first-order chi connectivity index (χ1) is 19.8. The van der Waals surface area contributed by atoms with Crippen LogP contribution >= 0.6 is 23.2 Å². The van der Waals surface area contributed by atoms with Gasteiger partial charge in [0.15, 0.2) is 0 Å². The molecule has 0 saturated carbocycles. The van der Waals surface area contributed by atoms with E-state index in [1.807, 2.05) is 18.2 Å². The third-order valence-corrected chi connectivity index (χ3v) is 6.77. The average molecular weight is 591 g/mol. The lowest BCUT2D eigenvalue weighted by Crippen LogP contribution is -2.54. The lowest BCUT2D eigenvalue weighted by Gasteiger charge is -2.26. The summed E-state index contributed by atoms with van der Waals surface area (Å²) in [5.74, 6) is -1.41. The minimum absolute atomic E-state index is 0.0971. The lowest BCUT2D eigenvalue weighted by molar-refractivity contribution is -0.122. The Morgan fingerprint density at radius 1 is 0.805 bits per heavy atom. The van der Waals surface area contributed by atoms with Crippen LogP contribution < -0.4 is 19.7 Å². The second-order valence-corrected chi connectivity index (χ2v) is 9.74. The van der Waals surface area contributed by atoms with Gasteiger partial charge in [0.05, 0.1) is 5.69 Å². The summed E-state index contributed by atoms with van der Waals surface area (Å²) in [6, 6.07) is 23.4. The Kier molecular flexibility index (Phi) is 8.33. The van der Waals surface area contributed by atoms with E-state index >= 15 is 0 Å². The smallest absolute Gasteiger partial charge is 0.335 e. The number of nitrogens with zero attached hydrogens (tertiary/aromatic N) is 1. The second kappa shape index (κ2) is 12.2. The topological polar surface area (TPSA) is 84.9 Å². The number of benzene rings is 4. The van der Waals surface area contributed by atoms with Gasteiger partial charge in [-0.1, -0.05) is 59.6 Å². The number of imide groups is 2. The van der Waals surface area contributed by atoms with Crippen LogP contribution in [-0.4, -0.2) is 17.8 Å². The fourth-order valence-electron chi connectivity index (χ4n) is 4.05. The van der Waals surface area contributed by atoms with Crippen LogP contribution in [0.4, 0.5) is 14.9 Å². The normalized spacial score (nSPS) is 14.3. The van der Waals surface area contributed by atoms with Crippen molar-refractivity contribution >= 4 is 52.8 Å². The third kappa shape index (κ3) is 6.40. The molecule has 1 aliphatic rings. The quantitative estimate of drug-likeness (QED) is 0.177. The molecule has 1 aliphatic heterocycles. The van der Waals surface area contributed by atoms with Crippen LogP contribution in [-0.2, 0) is 22.8 Å². The Morgan fingerprint density at radius 2 is 1.49 bits per heavy atom. The van der Waals surface area contributed by atoms with Gasteiger partial charge in [-0.2, -0.15) is 0 Å². The number of hydrogen-bond acceptors (Lipinski definition) is 5. The van der Waals surface area contributed by atoms with Crippen LogP contribution in [0.3, 0.4) is 0 Å². The van der Waals surface area contributed by atoms with E-state index in [0.717, 1.165) is 10.5 Å². The zero-order chi connectivity index (χ0) is 28.9. The molecule has 0 aromatic heterocycles. The van der Waals surface area contributed by atoms with E-state index in [1.165, 1.54) is 30.3 Å². The van der Waals surface area contributed by atoms with Crippen LogP contribution in [0.1, 0.15) is 16.7 Å². The SMILES string of the molecule is O=C1NC(=O)N(c2ccc(OCc3ccccc3Cl)cc2)C(=O)/C1=C/c1cc(Cl)ccc1OCc1ccccc1F. The molecule has 4 aromatic rings. The van der Waals surface area contributed by atoms with Crippen molar-refractivity contribution in [2.75, 3.05) is 4.90 Å². The van der Waals surface area contributed by atoms with Gasteiger partial charge < -0.3 is 9.47 Å². The highest BCUT2D eigenvalue weighted by molar-refractivity contribution is 6.39. The molecule has 7 nitrogen and oxygen atoms in total. The first kappa shape index (κ1) is 27.9. The summed E-state index contributed by atoms with van der Waals surface area (Å²) < 4.78 is 25.6. The van der Waals surface area contributed by atoms with E-state index in [-0.39, 0.29) is 30.2 Å². The van der Waals surface area contributed by atoms with Crippen molar-refractivity contribution in [2.24, 2.45) is 0 Å². The van der Waals surface area contributed by atoms with E-state index in [2.05, 4.69) is 5.32 Å². The number of hydrogen-bond donors (Lipinski definition) is 1. The van der Waals surface area contributed by atoms with Gasteiger partial charge in [-0.3, -0.25) is 14.9 Å². The highest BCUT2D eigenvalue weighted by Crippen LogP contribution is 2.29. The van der Waals surface area contributed by atoms with Gasteiger partial charge >= 0.3 is 6.03 Å². The number of carbonyl (C=O) groups excluding carboxylic acids is 3. The predicted octanol–water partition coefficient (Wildman–Crippen LogP) is 6.96. The number of carbonyl (C=O) groups is 3. The van der Waals surface area contributed by atoms with Crippen molar-refractivity contribution in [1.82, 2.24) is 5.32 Å². The van der Waals surface area contributed by atoms with Gasteiger partial charge in [0.25, 0.3) is 11.8 Å². The molecule has 10 heteroatoms. The zero-order valence-corrected chi connectivity index (χ0v) is 22.8. The molecule has 0 aliphatic carbocycles. The third-order valence-electron chi connectivity index (χ3n) is 6.16. The van der Waals surface area contributed by atoms with Crippen LogP contribution in [0.2, 0.25) is 10.0 Å². The van der Waals surface area contributed by atoms with Crippen molar-refractivity contribution in [2.45, 2.75) is 13.2 Å². The second-order valence-electron chi connectivity index (χ2n) is 8.89. The molecule has 1 fully saturated rings. The van der Waals surface area contributed by atoms with Gasteiger partial charge in [0, 0.05) is 26.7 Å². The summed E-state index contributed by atoms with van der Waals surface area (Å²) in [7, 11) is 0. The maximum atomic E-state index is 14.1. The molecule has 4 aromatic carbocycles. The monoisotopic (exact) mass is 590 g/mol. The standard InChI is InChI=1S/C31H21Cl2FN2O5/c32-22-9-14-28(41-18-20-6-2-4-8-27(20)34)21(15-22)16-25-29(37)35-31(39)36(30(25)38)23-10-12-24(13-11-23)40-17-19-5-1-3-7-26(19)33/h1-16H,17-18H2,(H,35,37,39)/b25-16+. The van der Waals surface area contributed by atoms with Crippen LogP contribution in [0.5, 0.6) is 11.5 Å². The summed E-state index contributed by atoms with van der Waals surface area (Å²) in [6.07, 6.45) is 1.28. The number of nitrogens with one attached hydrogen (secondary N) is 1. The molecule has 0 radical (unpaired) electrons. The molecule has 0 spiro atoms. The molecule has 1 heterocycles. The summed E-state index contributed by atoms with van der Waals surface area (Å²) in [4.78, 5) is 39.6. The number of ether oxygens (including phenoxy) is 2. The predicted molar refractivity (Wildman–Crippen MR) is 153 cm³/mol. The number of barbiturate groups is 1. The molecule has 0 atom stereocenters. The van der Waals surface area contributed by atoms with E-state index < -0.39 is 23.7 Å². The van der Waals surface area contributed by atoms with Gasteiger partial charge in [0.1, 0.15) is 36.1 Å². The largest absolute Gasteiger partial charge is 0.489 e. The van der Waals surface area contributed by atoms with Crippen molar-refractivity contribution in [3.8, 4) is 11.5 Å². The van der Waals surface area contributed by atoms with Crippen LogP contribution in [0.25, 0.3) is 6.08 Å². The van der Waals surface area contributed by atoms with Gasteiger partial charge in [-0.05, 0) is 60.7 Å². The van der Waals surface area contributed by atoms with Crippen molar-refractivity contribution in [3.05, 3.63) is 129 Å². The van der Waals surface area contributed by atoms with Crippen LogP contribution in [0, 0.1) is 5.82 Å². The van der Waals surface area contributed by atoms with Gasteiger partial charge in [-0.25, -0.2) is 14.1 Å². The summed E-state index contributed by atoms with van der Waals surface area (Å²) in [5, 5.41) is 3.08. The molecule has 0 bridgehead atoms. The molecule has 1 saturated heterocycles. The lowest BCUT2D eigenvalue weighted by atomic mass is 10.1. The molecule has 4 amide bonds. The van der Waals surface area contributed by atoms with E-state index in [4.69, 9.17) is 32.7 Å². The maximum absolute atomic E-state index is 14.1. The summed E-state index contributed by atoms with van der Waals surface area (Å²) >= 11 is 12.3. The number of anilines is 1. The molecule has 1 N–H and O–H groups in total. The first-order valence-electron chi connectivity index (χ1n) is 12.3. The highest BCUT2D eigenvalue weighted by Gasteiger charge is 2.37. The molecule has 5 rings (SSSR count). The van der Waals surface area contributed by atoms with Gasteiger partial charge in [-0.15, -0.1) is 0 Å². The minimum Gasteiger partial charge on any atom is -0.489 e. The Morgan fingerprint density at radius 3 is 2.22 bits per heavy atom. The van der Waals surface area contributed by atoms with Crippen molar-refractivity contribution in [3.63, 3.8) is 0 Å². The molecule has 0 unspecified atom stereocenters. The Balaban J connectivity index is 1.37. The fourth-order valence-corrected chi connectivity index (χ4v) is 4.42. The van der Waals surface area contributed by atoms with E-state index in [9.17, 15) is 18.8 Å². The Hall–Kier alpha value is -4.66. The first-order valence-corrected chi connectivity index (χ1v) is 13.1. The number of halogens is 3. The summed E-state index contributed by atoms with van der Waals surface area (Å²) in [6.45, 7) is 0.130. The molecule has 41 heavy (non-hydrogen) atoms. The van der Waals surface area contributed by atoms with Crippen molar-refractivity contribution in [1.29, 1.82) is 0 Å². The number of amides is 4. The zero-order valence-electron chi connectivity index (χ0n) is 21.3. The average Bonchev–Trinajstić information content (AvgIpc) is 2.96. The fraction of sp³-hybridized carbons (Fsp3) is 0.0645. The summed E-state index contributed by atoms with van der Waals surface area (Å²) in [5.41, 5.74) is 1.32. The molecular formula is C31H21Cl2FN2O5. The minimum atomic E-state index is -0.899.